The Kier molecular flexibility index (Phi) is 2.92. The average Bonchev–Trinajstić information content (AvgIpc) is 2.05. The first-order chi connectivity index (χ1) is 5.66. The largest absolute Gasteiger partial charge is 0.426 e. The second-order valence-corrected chi connectivity index (χ2v) is 3.65. The molecule has 70 valence electrons. The summed E-state index contributed by atoms with van der Waals surface area (Å²) in [6.07, 6.45) is 5.10. The summed E-state index contributed by atoms with van der Waals surface area (Å²) in [5.41, 5.74) is -0.102. The van der Waals surface area contributed by atoms with Gasteiger partial charge in [-0.2, -0.15) is 5.90 Å². The first-order valence-electron chi connectivity index (χ1n) is 4.35. The molecule has 1 aliphatic rings. The Balaban J connectivity index is 2.41. The van der Waals surface area contributed by atoms with Gasteiger partial charge in [-0.25, -0.2) is 4.79 Å². The molecular formula is C8H16N2O2. The summed E-state index contributed by atoms with van der Waals surface area (Å²) in [7, 11) is 0. The zero-order valence-electron chi connectivity index (χ0n) is 7.43. The second-order valence-electron chi connectivity index (χ2n) is 3.65. The molecule has 1 aliphatic carbocycles. The number of amides is 1. The summed E-state index contributed by atoms with van der Waals surface area (Å²) in [4.78, 5) is 14.9. The lowest BCUT2D eigenvalue weighted by Gasteiger charge is -2.33. The van der Waals surface area contributed by atoms with Crippen molar-refractivity contribution in [3.05, 3.63) is 0 Å². The highest BCUT2D eigenvalue weighted by Crippen LogP contribution is 2.27. The van der Waals surface area contributed by atoms with Crippen LogP contribution >= 0.6 is 0 Å². The summed E-state index contributed by atoms with van der Waals surface area (Å²) in [5, 5.41) is 2.76. The molecule has 0 aromatic heterocycles. The van der Waals surface area contributed by atoms with E-state index in [0.717, 1.165) is 12.8 Å². The van der Waals surface area contributed by atoms with Crippen molar-refractivity contribution in [2.75, 3.05) is 0 Å². The SMILES string of the molecule is CC1(NC(=O)ON)CCCCC1. The first kappa shape index (κ1) is 9.32. The molecule has 12 heavy (non-hydrogen) atoms. The number of rotatable bonds is 1. The smallest absolute Gasteiger partial charge is 0.357 e. The van der Waals surface area contributed by atoms with Gasteiger partial charge < -0.3 is 10.2 Å². The van der Waals surface area contributed by atoms with Crippen LogP contribution in [-0.4, -0.2) is 11.6 Å². The van der Waals surface area contributed by atoms with E-state index in [1.165, 1.54) is 19.3 Å². The molecule has 0 spiro atoms. The van der Waals surface area contributed by atoms with Gasteiger partial charge in [-0.3, -0.25) is 0 Å². The van der Waals surface area contributed by atoms with Gasteiger partial charge in [0.1, 0.15) is 0 Å². The normalized spacial score (nSPS) is 21.5. The third-order valence-corrected chi connectivity index (χ3v) is 2.47. The molecule has 0 aromatic carbocycles. The fourth-order valence-corrected chi connectivity index (χ4v) is 1.73. The van der Waals surface area contributed by atoms with Crippen molar-refractivity contribution in [2.24, 2.45) is 5.90 Å². The highest BCUT2D eigenvalue weighted by molar-refractivity contribution is 5.67. The number of hydrogen-bond acceptors (Lipinski definition) is 3. The maximum atomic E-state index is 10.8. The van der Waals surface area contributed by atoms with E-state index in [2.05, 4.69) is 10.2 Å². The number of nitrogens with two attached hydrogens (primary N) is 1. The van der Waals surface area contributed by atoms with Crippen LogP contribution in [-0.2, 0) is 4.84 Å². The molecule has 4 heteroatoms. The fraction of sp³-hybridized carbons (Fsp3) is 0.875. The third kappa shape index (κ3) is 2.37. The molecule has 1 rings (SSSR count). The Morgan fingerprint density at radius 2 is 2.00 bits per heavy atom. The van der Waals surface area contributed by atoms with Crippen LogP contribution in [0.25, 0.3) is 0 Å². The molecule has 1 fully saturated rings. The van der Waals surface area contributed by atoms with Gasteiger partial charge in [0.25, 0.3) is 0 Å². The number of carbonyl (C=O) groups excluding carboxylic acids is 1. The molecule has 0 unspecified atom stereocenters. The van der Waals surface area contributed by atoms with Crippen LogP contribution in [0.4, 0.5) is 4.79 Å². The lowest BCUT2D eigenvalue weighted by Crippen LogP contribution is -2.48. The highest BCUT2D eigenvalue weighted by Gasteiger charge is 2.28. The Labute approximate surface area is 72.4 Å². The molecule has 0 atom stereocenters. The van der Waals surface area contributed by atoms with Crippen LogP contribution in [0.3, 0.4) is 0 Å². The number of carbonyl (C=O) groups is 1. The van der Waals surface area contributed by atoms with Gasteiger partial charge in [-0.15, -0.1) is 0 Å². The summed E-state index contributed by atoms with van der Waals surface area (Å²) >= 11 is 0. The standard InChI is InChI=1S/C8H16N2O2/c1-8(10-7(11)12-9)5-3-2-4-6-8/h2-6,9H2,1H3,(H,10,11). The van der Waals surface area contributed by atoms with E-state index in [9.17, 15) is 4.79 Å². The van der Waals surface area contributed by atoms with Crippen molar-refractivity contribution < 1.29 is 9.63 Å². The van der Waals surface area contributed by atoms with Crippen molar-refractivity contribution in [2.45, 2.75) is 44.6 Å². The van der Waals surface area contributed by atoms with E-state index >= 15 is 0 Å². The van der Waals surface area contributed by atoms with Crippen molar-refractivity contribution in [1.29, 1.82) is 0 Å². The van der Waals surface area contributed by atoms with Gasteiger partial charge in [0.05, 0.1) is 0 Å². The minimum absolute atomic E-state index is 0.102. The Morgan fingerprint density at radius 1 is 1.42 bits per heavy atom. The first-order valence-corrected chi connectivity index (χ1v) is 4.35. The zero-order valence-corrected chi connectivity index (χ0v) is 7.43. The predicted octanol–water partition coefficient (Wildman–Crippen LogP) is 1.31. The van der Waals surface area contributed by atoms with Crippen LogP contribution in [0.15, 0.2) is 0 Å². The Bertz CT molecular complexity index is 164. The van der Waals surface area contributed by atoms with Crippen LogP contribution < -0.4 is 11.2 Å². The van der Waals surface area contributed by atoms with Crippen LogP contribution in [0.2, 0.25) is 0 Å². The van der Waals surface area contributed by atoms with Crippen LogP contribution in [0.5, 0.6) is 0 Å². The lowest BCUT2D eigenvalue weighted by molar-refractivity contribution is 0.128. The highest BCUT2D eigenvalue weighted by atomic mass is 16.7. The van der Waals surface area contributed by atoms with E-state index in [4.69, 9.17) is 5.90 Å². The summed E-state index contributed by atoms with van der Waals surface area (Å²) in [6.45, 7) is 2.03. The van der Waals surface area contributed by atoms with Gasteiger partial charge >= 0.3 is 6.09 Å². The summed E-state index contributed by atoms with van der Waals surface area (Å²) in [5.74, 6) is 4.74. The molecule has 0 aliphatic heterocycles. The molecule has 0 saturated heterocycles. The Hall–Kier alpha value is -0.770. The lowest BCUT2D eigenvalue weighted by atomic mass is 9.83. The number of hydrogen-bond donors (Lipinski definition) is 2. The minimum atomic E-state index is -0.528. The molecule has 0 bridgehead atoms. The summed E-state index contributed by atoms with van der Waals surface area (Å²) in [6, 6.07) is 0. The van der Waals surface area contributed by atoms with Crippen molar-refractivity contribution in [1.82, 2.24) is 5.32 Å². The van der Waals surface area contributed by atoms with Crippen molar-refractivity contribution in [3.8, 4) is 0 Å². The molecule has 4 nitrogen and oxygen atoms in total. The van der Waals surface area contributed by atoms with Gasteiger partial charge in [0, 0.05) is 5.54 Å². The monoisotopic (exact) mass is 172 g/mol. The summed E-state index contributed by atoms with van der Waals surface area (Å²) < 4.78 is 0. The molecular weight excluding hydrogens is 156 g/mol. The molecule has 1 amide bonds. The Morgan fingerprint density at radius 3 is 2.50 bits per heavy atom. The van der Waals surface area contributed by atoms with E-state index < -0.39 is 6.09 Å². The van der Waals surface area contributed by atoms with Crippen LogP contribution in [0.1, 0.15) is 39.0 Å². The molecule has 3 N–H and O–H groups in total. The third-order valence-electron chi connectivity index (χ3n) is 2.47. The van der Waals surface area contributed by atoms with Gasteiger partial charge in [-0.1, -0.05) is 19.3 Å². The van der Waals surface area contributed by atoms with Gasteiger partial charge in [0.15, 0.2) is 0 Å². The van der Waals surface area contributed by atoms with Crippen molar-refractivity contribution >= 4 is 6.09 Å². The van der Waals surface area contributed by atoms with Crippen molar-refractivity contribution in [3.63, 3.8) is 0 Å². The molecule has 0 heterocycles. The zero-order chi connectivity index (χ0) is 9.03. The fourth-order valence-electron chi connectivity index (χ4n) is 1.73. The molecule has 1 saturated carbocycles. The second kappa shape index (κ2) is 3.76. The van der Waals surface area contributed by atoms with E-state index in [1.807, 2.05) is 6.92 Å². The maximum absolute atomic E-state index is 10.8. The molecule has 0 aromatic rings. The average molecular weight is 172 g/mol. The topological polar surface area (TPSA) is 64.3 Å². The van der Waals surface area contributed by atoms with E-state index in [1.54, 1.807) is 0 Å². The molecule has 0 radical (unpaired) electrons. The number of nitrogens with one attached hydrogen (secondary N) is 1. The minimum Gasteiger partial charge on any atom is -0.357 e. The van der Waals surface area contributed by atoms with Crippen LogP contribution in [0, 0.1) is 0 Å². The quantitative estimate of drug-likeness (QED) is 0.586. The van der Waals surface area contributed by atoms with E-state index in [0.29, 0.717) is 0 Å². The maximum Gasteiger partial charge on any atom is 0.426 e. The van der Waals surface area contributed by atoms with Gasteiger partial charge in [0.2, 0.25) is 0 Å². The predicted molar refractivity (Wildman–Crippen MR) is 45.3 cm³/mol. The van der Waals surface area contributed by atoms with Gasteiger partial charge in [-0.05, 0) is 19.8 Å². The van der Waals surface area contributed by atoms with E-state index in [-0.39, 0.29) is 5.54 Å².